The molecule has 3 nitrogen and oxygen atoms in total. The van der Waals surface area contributed by atoms with Crippen LogP contribution in [-0.4, -0.2) is 18.4 Å². The van der Waals surface area contributed by atoms with Crippen molar-refractivity contribution in [3.8, 4) is 0 Å². The molecule has 0 saturated carbocycles. The van der Waals surface area contributed by atoms with Crippen LogP contribution < -0.4 is 0 Å². The quantitative estimate of drug-likeness (QED) is 0.368. The molecular weight excluding hydrogens is 275 g/mol. The lowest BCUT2D eigenvalue weighted by Gasteiger charge is -2.05. The van der Waals surface area contributed by atoms with Crippen LogP contribution in [0.25, 0.3) is 6.08 Å². The van der Waals surface area contributed by atoms with E-state index in [9.17, 15) is 9.59 Å². The average molecular weight is 287 g/mol. The molecule has 0 amide bonds. The molecule has 0 fully saturated rings. The predicted molar refractivity (Wildman–Crippen MR) is 71.8 cm³/mol. The largest absolute Gasteiger partial charge is 0.462 e. The summed E-state index contributed by atoms with van der Waals surface area (Å²) in [5, 5.41) is 0.875. The number of esters is 1. The molecule has 0 radical (unpaired) electrons. The topological polar surface area (TPSA) is 43.4 Å². The summed E-state index contributed by atoms with van der Waals surface area (Å²) in [6.07, 6.45) is 1.38. The zero-order chi connectivity index (χ0) is 13.7. The van der Waals surface area contributed by atoms with Crippen molar-refractivity contribution in [3.05, 3.63) is 39.4 Å². The third-order valence-corrected chi connectivity index (χ3v) is 2.71. The summed E-state index contributed by atoms with van der Waals surface area (Å²) in [4.78, 5) is 23.0. The van der Waals surface area contributed by atoms with E-state index in [-0.39, 0.29) is 18.0 Å². The highest BCUT2D eigenvalue weighted by atomic mass is 35.5. The van der Waals surface area contributed by atoms with Crippen LogP contribution in [0.3, 0.4) is 0 Å². The van der Waals surface area contributed by atoms with Crippen LogP contribution in [0.2, 0.25) is 10.0 Å². The molecule has 0 aliphatic heterocycles. The van der Waals surface area contributed by atoms with Gasteiger partial charge in [-0.1, -0.05) is 23.2 Å². The number of rotatable bonds is 4. The number of ether oxygens (including phenoxy) is 1. The number of halogens is 2. The summed E-state index contributed by atoms with van der Waals surface area (Å²) in [5.41, 5.74) is 0.448. The van der Waals surface area contributed by atoms with E-state index in [1.54, 1.807) is 25.1 Å². The molecule has 0 aliphatic carbocycles. The highest BCUT2D eigenvalue weighted by Crippen LogP contribution is 2.23. The van der Waals surface area contributed by atoms with E-state index in [0.717, 1.165) is 0 Å². The molecule has 1 aromatic rings. The van der Waals surface area contributed by atoms with E-state index in [4.69, 9.17) is 27.9 Å². The third-order valence-electron chi connectivity index (χ3n) is 2.13. The molecular formula is C13H12Cl2O3. The molecule has 0 heterocycles. The minimum atomic E-state index is -0.666. The second-order valence-corrected chi connectivity index (χ2v) is 4.34. The molecule has 0 spiro atoms. The van der Waals surface area contributed by atoms with Gasteiger partial charge >= 0.3 is 5.97 Å². The van der Waals surface area contributed by atoms with Crippen molar-refractivity contribution in [2.75, 3.05) is 6.61 Å². The van der Waals surface area contributed by atoms with Crippen LogP contribution in [0.5, 0.6) is 0 Å². The Bertz CT molecular complexity index is 507. The minimum absolute atomic E-state index is 0.0546. The maximum atomic E-state index is 11.6. The molecule has 5 heteroatoms. The molecule has 0 aromatic heterocycles. The Morgan fingerprint density at radius 3 is 2.56 bits per heavy atom. The van der Waals surface area contributed by atoms with Crippen molar-refractivity contribution < 1.29 is 14.3 Å². The molecule has 0 bridgehead atoms. The van der Waals surface area contributed by atoms with E-state index in [1.165, 1.54) is 13.0 Å². The minimum Gasteiger partial charge on any atom is -0.462 e. The normalized spacial score (nSPS) is 11.2. The lowest BCUT2D eigenvalue weighted by atomic mass is 10.1. The second-order valence-electron chi connectivity index (χ2n) is 3.50. The SMILES string of the molecule is CCOC(=O)/C(=C/c1cc(Cl)ccc1Cl)C(C)=O. The lowest BCUT2D eigenvalue weighted by molar-refractivity contribution is -0.139. The maximum Gasteiger partial charge on any atom is 0.341 e. The van der Waals surface area contributed by atoms with E-state index >= 15 is 0 Å². The fourth-order valence-corrected chi connectivity index (χ4v) is 1.65. The highest BCUT2D eigenvalue weighted by Gasteiger charge is 2.16. The number of Topliss-reactive ketones (excluding diaryl/α,β-unsaturated/α-hetero) is 1. The molecule has 0 atom stereocenters. The predicted octanol–water partition coefficient (Wildman–Crippen LogP) is 3.53. The molecule has 0 unspecified atom stereocenters. The summed E-state index contributed by atoms with van der Waals surface area (Å²) in [7, 11) is 0. The Balaban J connectivity index is 3.20. The van der Waals surface area contributed by atoms with E-state index in [0.29, 0.717) is 15.6 Å². The van der Waals surface area contributed by atoms with E-state index < -0.39 is 5.97 Å². The zero-order valence-electron chi connectivity index (χ0n) is 10.00. The fraction of sp³-hybridized carbons (Fsp3) is 0.231. The maximum absolute atomic E-state index is 11.6. The van der Waals surface area contributed by atoms with Gasteiger partial charge in [0.15, 0.2) is 5.78 Å². The zero-order valence-corrected chi connectivity index (χ0v) is 11.5. The molecule has 18 heavy (non-hydrogen) atoms. The summed E-state index contributed by atoms with van der Waals surface area (Å²) in [5.74, 6) is -1.05. The fourth-order valence-electron chi connectivity index (χ4n) is 1.29. The van der Waals surface area contributed by atoms with Gasteiger partial charge in [-0.2, -0.15) is 0 Å². The third kappa shape index (κ3) is 3.86. The monoisotopic (exact) mass is 286 g/mol. The Morgan fingerprint density at radius 1 is 1.33 bits per heavy atom. The van der Waals surface area contributed by atoms with Crippen LogP contribution in [0.1, 0.15) is 19.4 Å². The van der Waals surface area contributed by atoms with Gasteiger partial charge in [-0.05, 0) is 43.7 Å². The van der Waals surface area contributed by atoms with Crippen molar-refractivity contribution in [1.82, 2.24) is 0 Å². The smallest absolute Gasteiger partial charge is 0.341 e. The number of hydrogen-bond donors (Lipinski definition) is 0. The molecule has 1 aromatic carbocycles. The second kappa shape index (κ2) is 6.57. The number of carbonyl (C=O) groups excluding carboxylic acids is 2. The first-order valence-electron chi connectivity index (χ1n) is 5.30. The standard InChI is InChI=1S/C13H12Cl2O3/c1-3-18-13(17)11(8(2)16)7-9-6-10(14)4-5-12(9)15/h4-7H,3H2,1-2H3/b11-7+. The van der Waals surface area contributed by atoms with Gasteiger partial charge in [-0.25, -0.2) is 4.79 Å². The van der Waals surface area contributed by atoms with Gasteiger partial charge in [-0.3, -0.25) is 4.79 Å². The van der Waals surface area contributed by atoms with Crippen molar-refractivity contribution in [2.24, 2.45) is 0 Å². The number of benzene rings is 1. The summed E-state index contributed by atoms with van der Waals surface area (Å²) >= 11 is 11.8. The molecule has 96 valence electrons. The van der Waals surface area contributed by atoms with Gasteiger partial charge in [0.2, 0.25) is 0 Å². The van der Waals surface area contributed by atoms with Gasteiger partial charge < -0.3 is 4.74 Å². The Kier molecular flexibility index (Phi) is 5.38. The van der Waals surface area contributed by atoms with Crippen molar-refractivity contribution in [3.63, 3.8) is 0 Å². The number of hydrogen-bond acceptors (Lipinski definition) is 3. The van der Waals surface area contributed by atoms with Crippen molar-refractivity contribution in [2.45, 2.75) is 13.8 Å². The van der Waals surface area contributed by atoms with Crippen molar-refractivity contribution >= 4 is 41.0 Å². The van der Waals surface area contributed by atoms with Crippen LogP contribution in [0, 0.1) is 0 Å². The first kappa shape index (κ1) is 14.7. The summed E-state index contributed by atoms with van der Waals surface area (Å²) < 4.78 is 4.80. The number of ketones is 1. The van der Waals surface area contributed by atoms with E-state index in [2.05, 4.69) is 0 Å². The summed E-state index contributed by atoms with van der Waals surface area (Å²) in [6, 6.07) is 4.80. The van der Waals surface area contributed by atoms with Crippen LogP contribution >= 0.6 is 23.2 Å². The first-order chi connectivity index (χ1) is 8.45. The van der Waals surface area contributed by atoms with Gasteiger partial charge in [-0.15, -0.1) is 0 Å². The number of carbonyl (C=O) groups is 2. The molecule has 0 aliphatic rings. The Morgan fingerprint density at radius 2 is 2.00 bits per heavy atom. The highest BCUT2D eigenvalue weighted by molar-refractivity contribution is 6.34. The van der Waals surface area contributed by atoms with Gasteiger partial charge in [0.05, 0.1) is 6.61 Å². The van der Waals surface area contributed by atoms with Crippen LogP contribution in [0.4, 0.5) is 0 Å². The van der Waals surface area contributed by atoms with E-state index in [1.807, 2.05) is 0 Å². The van der Waals surface area contributed by atoms with Gasteiger partial charge in [0.1, 0.15) is 5.57 Å². The molecule has 0 N–H and O–H groups in total. The molecule has 1 rings (SSSR count). The lowest BCUT2D eigenvalue weighted by Crippen LogP contribution is -2.13. The van der Waals surface area contributed by atoms with Crippen LogP contribution in [-0.2, 0) is 14.3 Å². The average Bonchev–Trinajstić information content (AvgIpc) is 2.30. The van der Waals surface area contributed by atoms with Gasteiger partial charge in [0, 0.05) is 10.0 Å². The Labute approximate surface area is 115 Å². The van der Waals surface area contributed by atoms with Crippen molar-refractivity contribution in [1.29, 1.82) is 0 Å². The molecule has 0 saturated heterocycles. The first-order valence-corrected chi connectivity index (χ1v) is 6.06. The van der Waals surface area contributed by atoms with Gasteiger partial charge in [0.25, 0.3) is 0 Å². The summed E-state index contributed by atoms with van der Waals surface area (Å²) in [6.45, 7) is 3.16. The van der Waals surface area contributed by atoms with Crippen LogP contribution in [0.15, 0.2) is 23.8 Å². The Hall–Kier alpha value is -1.32.